The molecule has 0 saturated carbocycles. The average Bonchev–Trinajstić information content (AvgIpc) is 2.67. The van der Waals surface area contributed by atoms with Crippen LogP contribution in [0.15, 0.2) is 54.6 Å². The maximum atomic E-state index is 11.3. The molecular formula is C20H22O6. The Balaban J connectivity index is 1.72. The number of hydrogen-bond donors (Lipinski definition) is 0. The third kappa shape index (κ3) is 6.84. The van der Waals surface area contributed by atoms with E-state index in [1.807, 2.05) is 54.6 Å². The number of methoxy groups -OCH3 is 1. The number of para-hydroxylation sites is 2. The van der Waals surface area contributed by atoms with Gasteiger partial charge in [0.25, 0.3) is 0 Å². The van der Waals surface area contributed by atoms with Crippen molar-refractivity contribution in [3.05, 3.63) is 60.2 Å². The first-order chi connectivity index (χ1) is 12.7. The van der Waals surface area contributed by atoms with Crippen LogP contribution in [0.2, 0.25) is 0 Å². The van der Waals surface area contributed by atoms with Crippen LogP contribution in [0.3, 0.4) is 0 Å². The number of ether oxygens (including phenoxy) is 4. The Kier molecular flexibility index (Phi) is 7.99. The minimum absolute atomic E-state index is 0.170. The van der Waals surface area contributed by atoms with Gasteiger partial charge in [-0.25, -0.2) is 0 Å². The molecule has 0 aliphatic carbocycles. The van der Waals surface area contributed by atoms with Crippen molar-refractivity contribution in [1.29, 1.82) is 0 Å². The summed E-state index contributed by atoms with van der Waals surface area (Å²) in [6.07, 6.45) is 0.119. The summed E-state index contributed by atoms with van der Waals surface area (Å²) in [5.74, 6) is 0.0579. The van der Waals surface area contributed by atoms with Gasteiger partial charge in [-0.2, -0.15) is 0 Å². The van der Waals surface area contributed by atoms with E-state index in [4.69, 9.17) is 14.2 Å². The molecule has 2 rings (SSSR count). The Morgan fingerprint density at radius 2 is 1.46 bits per heavy atom. The molecule has 0 heterocycles. The van der Waals surface area contributed by atoms with Crippen molar-refractivity contribution in [3.8, 4) is 11.5 Å². The van der Waals surface area contributed by atoms with Gasteiger partial charge in [0.2, 0.25) is 0 Å². The van der Waals surface area contributed by atoms with Gasteiger partial charge in [-0.1, -0.05) is 42.5 Å². The maximum Gasteiger partial charge on any atom is 0.317 e. The molecule has 0 aliphatic heterocycles. The molecule has 0 fully saturated rings. The van der Waals surface area contributed by atoms with Gasteiger partial charge < -0.3 is 18.9 Å². The topological polar surface area (TPSA) is 71.1 Å². The number of esters is 2. The maximum absolute atomic E-state index is 11.3. The second-order valence-electron chi connectivity index (χ2n) is 5.40. The van der Waals surface area contributed by atoms with Gasteiger partial charge in [0.1, 0.15) is 13.0 Å². The van der Waals surface area contributed by atoms with E-state index in [9.17, 15) is 9.59 Å². The third-order valence-corrected chi connectivity index (χ3v) is 3.41. The Bertz CT molecular complexity index is 698. The summed E-state index contributed by atoms with van der Waals surface area (Å²) < 4.78 is 20.8. The Morgan fingerprint density at radius 3 is 2.15 bits per heavy atom. The lowest BCUT2D eigenvalue weighted by Gasteiger charge is -2.12. The largest absolute Gasteiger partial charge is 0.490 e. The highest BCUT2D eigenvalue weighted by Gasteiger charge is 2.10. The molecule has 0 atom stereocenters. The summed E-state index contributed by atoms with van der Waals surface area (Å²) in [6, 6.07) is 17.3. The number of carbonyl (C=O) groups is 2. The predicted molar refractivity (Wildman–Crippen MR) is 94.9 cm³/mol. The van der Waals surface area contributed by atoms with E-state index >= 15 is 0 Å². The van der Waals surface area contributed by atoms with Gasteiger partial charge in [0.05, 0.1) is 20.3 Å². The van der Waals surface area contributed by atoms with Crippen molar-refractivity contribution in [2.75, 3.05) is 20.3 Å². The van der Waals surface area contributed by atoms with Crippen molar-refractivity contribution in [3.63, 3.8) is 0 Å². The fourth-order valence-corrected chi connectivity index (χ4v) is 2.09. The van der Waals surface area contributed by atoms with Gasteiger partial charge in [-0.15, -0.1) is 0 Å². The summed E-state index contributed by atoms with van der Waals surface area (Å²) in [5, 5.41) is 0. The molecule has 138 valence electrons. The zero-order chi connectivity index (χ0) is 18.6. The van der Waals surface area contributed by atoms with Crippen molar-refractivity contribution in [2.45, 2.75) is 19.4 Å². The van der Waals surface area contributed by atoms with E-state index < -0.39 is 11.9 Å². The van der Waals surface area contributed by atoms with Crippen LogP contribution in [-0.4, -0.2) is 32.3 Å². The molecule has 0 aliphatic rings. The van der Waals surface area contributed by atoms with Crippen LogP contribution >= 0.6 is 0 Å². The highest BCUT2D eigenvalue weighted by atomic mass is 16.6. The van der Waals surface area contributed by atoms with Crippen molar-refractivity contribution in [2.24, 2.45) is 0 Å². The average molecular weight is 358 g/mol. The molecule has 0 N–H and O–H groups in total. The summed E-state index contributed by atoms with van der Waals surface area (Å²) in [6.45, 7) is 0.979. The van der Waals surface area contributed by atoms with Crippen molar-refractivity contribution in [1.82, 2.24) is 0 Å². The van der Waals surface area contributed by atoms with E-state index in [1.54, 1.807) is 0 Å². The molecule has 26 heavy (non-hydrogen) atoms. The first kappa shape index (κ1) is 19.3. The molecule has 0 bridgehead atoms. The summed E-state index contributed by atoms with van der Waals surface area (Å²) in [4.78, 5) is 22.3. The number of rotatable bonds is 10. The molecule has 0 amide bonds. The van der Waals surface area contributed by atoms with Gasteiger partial charge in [-0.05, 0) is 17.7 Å². The molecule has 2 aromatic rings. The molecular weight excluding hydrogens is 336 g/mol. The van der Waals surface area contributed by atoms with Crippen LogP contribution in [0, 0.1) is 0 Å². The monoisotopic (exact) mass is 358 g/mol. The lowest BCUT2D eigenvalue weighted by atomic mass is 10.2. The van der Waals surface area contributed by atoms with Gasteiger partial charge in [0, 0.05) is 6.42 Å². The van der Waals surface area contributed by atoms with Crippen molar-refractivity contribution < 1.29 is 28.5 Å². The van der Waals surface area contributed by atoms with E-state index in [2.05, 4.69) is 4.74 Å². The van der Waals surface area contributed by atoms with E-state index in [0.29, 0.717) is 31.1 Å². The minimum Gasteiger partial charge on any atom is -0.490 e. The SMILES string of the molecule is COC(=O)CC(=O)OCCCOc1ccccc1OCc1ccccc1. The van der Waals surface area contributed by atoms with Crippen LogP contribution in [0.25, 0.3) is 0 Å². The molecule has 6 nitrogen and oxygen atoms in total. The smallest absolute Gasteiger partial charge is 0.317 e. The molecule has 0 unspecified atom stereocenters. The molecule has 2 aromatic carbocycles. The molecule has 0 aromatic heterocycles. The standard InChI is InChI=1S/C20H22O6/c1-23-19(21)14-20(22)25-13-7-12-24-17-10-5-6-11-18(17)26-15-16-8-3-2-4-9-16/h2-6,8-11H,7,12-15H2,1H3. The molecule has 0 spiro atoms. The van der Waals surface area contributed by atoms with Gasteiger partial charge in [0.15, 0.2) is 11.5 Å². The number of benzene rings is 2. The first-order valence-electron chi connectivity index (χ1n) is 8.30. The van der Waals surface area contributed by atoms with Crippen LogP contribution in [-0.2, 0) is 25.7 Å². The molecule has 6 heteroatoms. The van der Waals surface area contributed by atoms with Crippen LogP contribution in [0.4, 0.5) is 0 Å². The second-order valence-corrected chi connectivity index (χ2v) is 5.40. The highest BCUT2D eigenvalue weighted by Crippen LogP contribution is 2.27. The normalized spacial score (nSPS) is 10.0. The fraction of sp³-hybridized carbons (Fsp3) is 0.300. The summed E-state index contributed by atoms with van der Waals surface area (Å²) in [5.41, 5.74) is 1.07. The van der Waals surface area contributed by atoms with Crippen LogP contribution in [0.1, 0.15) is 18.4 Å². The quantitative estimate of drug-likeness (QED) is 0.369. The number of hydrogen-bond acceptors (Lipinski definition) is 6. The zero-order valence-electron chi connectivity index (χ0n) is 14.7. The molecule has 0 saturated heterocycles. The summed E-state index contributed by atoms with van der Waals surface area (Å²) in [7, 11) is 1.22. The lowest BCUT2D eigenvalue weighted by molar-refractivity contribution is -0.153. The Hall–Kier alpha value is -3.02. The molecule has 0 radical (unpaired) electrons. The fourth-order valence-electron chi connectivity index (χ4n) is 2.09. The highest BCUT2D eigenvalue weighted by molar-refractivity contribution is 5.91. The van der Waals surface area contributed by atoms with Crippen molar-refractivity contribution >= 4 is 11.9 Å². The first-order valence-corrected chi connectivity index (χ1v) is 8.30. The summed E-state index contributed by atoms with van der Waals surface area (Å²) >= 11 is 0. The number of carbonyl (C=O) groups excluding carboxylic acids is 2. The minimum atomic E-state index is -0.615. The predicted octanol–water partition coefficient (Wildman–Crippen LogP) is 3.14. The Morgan fingerprint density at radius 1 is 0.808 bits per heavy atom. The Labute approximate surface area is 152 Å². The van der Waals surface area contributed by atoms with E-state index in [-0.39, 0.29) is 13.0 Å². The van der Waals surface area contributed by atoms with Crippen LogP contribution < -0.4 is 9.47 Å². The van der Waals surface area contributed by atoms with Gasteiger partial charge in [-0.3, -0.25) is 9.59 Å². The third-order valence-electron chi connectivity index (χ3n) is 3.41. The van der Waals surface area contributed by atoms with E-state index in [1.165, 1.54) is 7.11 Å². The second kappa shape index (κ2) is 10.8. The van der Waals surface area contributed by atoms with Crippen LogP contribution in [0.5, 0.6) is 11.5 Å². The van der Waals surface area contributed by atoms with E-state index in [0.717, 1.165) is 5.56 Å². The lowest BCUT2D eigenvalue weighted by Crippen LogP contribution is -2.14. The van der Waals surface area contributed by atoms with Gasteiger partial charge >= 0.3 is 11.9 Å². The zero-order valence-corrected chi connectivity index (χ0v) is 14.7.